The van der Waals surface area contributed by atoms with Gasteiger partial charge in [-0.25, -0.2) is 8.78 Å². The molecule has 0 N–H and O–H groups in total. The maximum absolute atomic E-state index is 12.9. The topological polar surface area (TPSA) is 9.23 Å². The summed E-state index contributed by atoms with van der Waals surface area (Å²) in [5.41, 5.74) is 0.837. The Kier molecular flexibility index (Phi) is 5.50. The Morgan fingerprint density at radius 3 is 2.21 bits per heavy atom. The van der Waals surface area contributed by atoms with Gasteiger partial charge in [-0.2, -0.15) is 0 Å². The number of ether oxygens (including phenoxy) is 1. The molecule has 2 aliphatic rings. The molecule has 0 atom stereocenters. The molecule has 0 radical (unpaired) electrons. The first-order chi connectivity index (χ1) is 11.6. The molecule has 24 heavy (non-hydrogen) atoms. The van der Waals surface area contributed by atoms with Gasteiger partial charge in [0.2, 0.25) is 6.43 Å². The largest absolute Gasteiger partial charge is 0.367 e. The molecule has 1 saturated carbocycles. The Morgan fingerprint density at radius 1 is 1.04 bits per heavy atom. The van der Waals surface area contributed by atoms with Gasteiger partial charge in [-0.15, -0.1) is 0 Å². The van der Waals surface area contributed by atoms with Crippen LogP contribution in [0.1, 0.15) is 44.1 Å². The minimum atomic E-state index is -2.19. The van der Waals surface area contributed by atoms with E-state index in [4.69, 9.17) is 4.74 Å². The van der Waals surface area contributed by atoms with Gasteiger partial charge < -0.3 is 4.74 Å². The molecule has 0 aromatic heterocycles. The molecule has 1 fully saturated rings. The molecule has 3 rings (SSSR count). The number of hydrogen-bond acceptors (Lipinski definition) is 1. The number of hydrogen-bond donors (Lipinski definition) is 0. The molecule has 3 heteroatoms. The van der Waals surface area contributed by atoms with Crippen LogP contribution in [0.2, 0.25) is 0 Å². The van der Waals surface area contributed by atoms with Crippen LogP contribution in [0.15, 0.2) is 54.6 Å². The second-order valence-electron chi connectivity index (χ2n) is 6.89. The van der Waals surface area contributed by atoms with Gasteiger partial charge in [0.05, 0.1) is 0 Å². The Balaban J connectivity index is 1.73. The van der Waals surface area contributed by atoms with E-state index in [0.29, 0.717) is 19.4 Å². The van der Waals surface area contributed by atoms with Crippen LogP contribution in [0.5, 0.6) is 0 Å². The van der Waals surface area contributed by atoms with E-state index in [-0.39, 0.29) is 11.8 Å². The van der Waals surface area contributed by atoms with Crippen molar-refractivity contribution in [3.05, 3.63) is 60.2 Å². The molecule has 0 saturated heterocycles. The molecule has 2 aliphatic carbocycles. The zero-order valence-electron chi connectivity index (χ0n) is 14.2. The van der Waals surface area contributed by atoms with Crippen LogP contribution >= 0.6 is 0 Å². The highest BCUT2D eigenvalue weighted by Gasteiger charge is 2.40. The van der Waals surface area contributed by atoms with Gasteiger partial charge in [0, 0.05) is 18.4 Å². The number of benzene rings is 1. The summed E-state index contributed by atoms with van der Waals surface area (Å²) in [4.78, 5) is 0. The molecule has 0 unspecified atom stereocenters. The zero-order chi connectivity index (χ0) is 17.0. The number of alkyl halides is 2. The Bertz CT molecular complexity index is 557. The molecule has 0 amide bonds. The number of halogens is 2. The van der Waals surface area contributed by atoms with Gasteiger partial charge in [0.25, 0.3) is 0 Å². The van der Waals surface area contributed by atoms with Crippen LogP contribution in [-0.2, 0) is 4.74 Å². The molecule has 0 bridgehead atoms. The van der Waals surface area contributed by atoms with E-state index in [0.717, 1.165) is 12.8 Å². The molecule has 1 nitrogen and oxygen atoms in total. The van der Waals surface area contributed by atoms with Crippen molar-refractivity contribution in [3.8, 4) is 0 Å². The number of rotatable bonds is 5. The lowest BCUT2D eigenvalue weighted by Gasteiger charge is -2.41. The Hall–Kier alpha value is -1.48. The first-order valence-corrected chi connectivity index (χ1v) is 9.00. The fourth-order valence-electron chi connectivity index (χ4n) is 4.08. The average Bonchev–Trinajstić information content (AvgIpc) is 2.63. The van der Waals surface area contributed by atoms with E-state index in [2.05, 4.69) is 36.4 Å². The van der Waals surface area contributed by atoms with Crippen molar-refractivity contribution < 1.29 is 13.5 Å². The Labute approximate surface area is 143 Å². The van der Waals surface area contributed by atoms with E-state index >= 15 is 0 Å². The predicted octanol–water partition coefficient (Wildman–Crippen LogP) is 5.74. The summed E-state index contributed by atoms with van der Waals surface area (Å²) >= 11 is 0. The van der Waals surface area contributed by atoms with E-state index < -0.39 is 17.9 Å². The predicted molar refractivity (Wildman–Crippen MR) is 93.3 cm³/mol. The molecule has 1 aromatic rings. The molecule has 0 spiro atoms. The molecular formula is C21H26F2O. The highest BCUT2D eigenvalue weighted by Crippen LogP contribution is 2.43. The summed E-state index contributed by atoms with van der Waals surface area (Å²) in [7, 11) is 0. The summed E-state index contributed by atoms with van der Waals surface area (Å²) < 4.78 is 32.0. The van der Waals surface area contributed by atoms with Gasteiger partial charge in [-0.05, 0) is 44.1 Å². The lowest BCUT2D eigenvalue weighted by molar-refractivity contribution is -0.0388. The van der Waals surface area contributed by atoms with Crippen molar-refractivity contribution in [3.63, 3.8) is 0 Å². The standard InChI is InChI=1S/C21H26F2O/c1-2-24-21(19-10-8-18(9-11-19)20(22)23)14-12-17(13-15-21)16-6-4-3-5-7-16/h3-7,12-15,17-20H,2,8-11H2,1H3. The second-order valence-corrected chi connectivity index (χ2v) is 6.89. The SMILES string of the molecule is CCOC1(C2CCC(C(F)F)CC2)C=CC(c2ccccc2)C=C1. The van der Waals surface area contributed by atoms with Crippen LogP contribution in [-0.4, -0.2) is 18.6 Å². The Morgan fingerprint density at radius 2 is 1.67 bits per heavy atom. The van der Waals surface area contributed by atoms with Gasteiger partial charge in [0.1, 0.15) is 5.60 Å². The highest BCUT2D eigenvalue weighted by molar-refractivity contribution is 5.36. The van der Waals surface area contributed by atoms with E-state index in [1.54, 1.807) is 0 Å². The van der Waals surface area contributed by atoms with E-state index in [9.17, 15) is 8.78 Å². The van der Waals surface area contributed by atoms with Gasteiger partial charge in [-0.1, -0.05) is 54.6 Å². The summed E-state index contributed by atoms with van der Waals surface area (Å²) in [6.07, 6.45) is 9.35. The smallest absolute Gasteiger partial charge is 0.241 e. The normalized spacial score (nSPS) is 33.1. The van der Waals surface area contributed by atoms with Crippen molar-refractivity contribution in [1.82, 2.24) is 0 Å². The maximum Gasteiger partial charge on any atom is 0.241 e. The van der Waals surface area contributed by atoms with Crippen molar-refractivity contribution in [1.29, 1.82) is 0 Å². The summed E-state index contributed by atoms with van der Waals surface area (Å²) in [6.45, 7) is 2.62. The fraction of sp³-hybridized carbons (Fsp3) is 0.524. The van der Waals surface area contributed by atoms with Crippen molar-refractivity contribution in [2.75, 3.05) is 6.61 Å². The number of allylic oxidation sites excluding steroid dienone is 2. The zero-order valence-corrected chi connectivity index (χ0v) is 14.2. The fourth-order valence-corrected chi connectivity index (χ4v) is 4.08. The molecule has 0 heterocycles. The average molecular weight is 332 g/mol. The summed E-state index contributed by atoms with van der Waals surface area (Å²) in [6, 6.07) is 10.4. The lowest BCUT2D eigenvalue weighted by atomic mass is 9.71. The minimum absolute atomic E-state index is 0.261. The third-order valence-electron chi connectivity index (χ3n) is 5.47. The molecule has 0 aliphatic heterocycles. The van der Waals surface area contributed by atoms with E-state index in [1.807, 2.05) is 25.1 Å². The highest BCUT2D eigenvalue weighted by atomic mass is 19.3. The monoisotopic (exact) mass is 332 g/mol. The van der Waals surface area contributed by atoms with Crippen LogP contribution in [0, 0.1) is 11.8 Å². The van der Waals surface area contributed by atoms with E-state index in [1.165, 1.54) is 5.56 Å². The molecular weight excluding hydrogens is 306 g/mol. The van der Waals surface area contributed by atoms with Crippen LogP contribution in [0.25, 0.3) is 0 Å². The third-order valence-corrected chi connectivity index (χ3v) is 5.47. The van der Waals surface area contributed by atoms with Gasteiger partial charge in [0.15, 0.2) is 0 Å². The van der Waals surface area contributed by atoms with Crippen LogP contribution < -0.4 is 0 Å². The molecule has 1 aromatic carbocycles. The maximum atomic E-state index is 12.9. The van der Waals surface area contributed by atoms with Crippen molar-refractivity contribution in [2.45, 2.75) is 50.6 Å². The first kappa shape index (κ1) is 17.3. The van der Waals surface area contributed by atoms with Crippen LogP contribution in [0.3, 0.4) is 0 Å². The lowest BCUT2D eigenvalue weighted by Crippen LogP contribution is -2.41. The molecule has 130 valence electrons. The third kappa shape index (κ3) is 3.61. The van der Waals surface area contributed by atoms with Gasteiger partial charge in [-0.3, -0.25) is 0 Å². The van der Waals surface area contributed by atoms with Crippen molar-refractivity contribution >= 4 is 0 Å². The summed E-state index contributed by atoms with van der Waals surface area (Å²) in [5, 5.41) is 0. The quantitative estimate of drug-likeness (QED) is 0.624. The van der Waals surface area contributed by atoms with Crippen molar-refractivity contribution in [2.24, 2.45) is 11.8 Å². The minimum Gasteiger partial charge on any atom is -0.367 e. The van der Waals surface area contributed by atoms with Gasteiger partial charge >= 0.3 is 0 Å². The first-order valence-electron chi connectivity index (χ1n) is 9.00. The van der Waals surface area contributed by atoms with Crippen LogP contribution in [0.4, 0.5) is 8.78 Å². The second kappa shape index (κ2) is 7.60. The summed E-state index contributed by atoms with van der Waals surface area (Å²) in [5.74, 6) is 0.113.